The van der Waals surface area contributed by atoms with Crippen molar-refractivity contribution in [2.45, 2.75) is 68.6 Å². The minimum Gasteiger partial charge on any atom is -0.490 e. The average Bonchev–Trinajstić information content (AvgIpc) is 3.52. The van der Waals surface area contributed by atoms with Crippen molar-refractivity contribution in [2.75, 3.05) is 6.26 Å². The number of H-pyrrole nitrogens is 1. The lowest BCUT2D eigenvalue weighted by molar-refractivity contribution is -0.0581. The number of fused-ring (bicyclic) bond motifs is 1. The van der Waals surface area contributed by atoms with Gasteiger partial charge in [0.25, 0.3) is 5.56 Å². The monoisotopic (exact) mass is 503 g/mol. The number of nitrogens with zero attached hydrogens (tertiary/aromatic N) is 2. The van der Waals surface area contributed by atoms with Crippen LogP contribution in [0.2, 0.25) is 0 Å². The molecule has 2 aliphatic rings. The van der Waals surface area contributed by atoms with Crippen LogP contribution in [-0.4, -0.2) is 37.3 Å². The summed E-state index contributed by atoms with van der Waals surface area (Å²) < 4.78 is 53.2. The van der Waals surface area contributed by atoms with Crippen LogP contribution in [0.1, 0.15) is 51.4 Å². The summed E-state index contributed by atoms with van der Waals surface area (Å²) in [5.41, 5.74) is 2.37. The molecule has 2 aliphatic carbocycles. The van der Waals surface area contributed by atoms with E-state index in [1.807, 2.05) is 12.1 Å². The van der Waals surface area contributed by atoms with E-state index in [1.165, 1.54) is 4.57 Å². The molecule has 1 N–H and O–H groups in total. The first-order valence-corrected chi connectivity index (χ1v) is 14.2. The maximum atomic E-state index is 13.7. The summed E-state index contributed by atoms with van der Waals surface area (Å²) in [4.78, 5) is 15.6. The highest BCUT2D eigenvalue weighted by molar-refractivity contribution is 7.93. The molecule has 0 aliphatic heterocycles. The number of aryl methyl sites for hydroxylation is 1. The van der Waals surface area contributed by atoms with E-state index in [9.17, 15) is 17.8 Å². The molecule has 0 radical (unpaired) electrons. The molecule has 3 aromatic rings. The molecule has 35 heavy (non-hydrogen) atoms. The van der Waals surface area contributed by atoms with Gasteiger partial charge in [0.15, 0.2) is 0 Å². The van der Waals surface area contributed by atoms with Crippen molar-refractivity contribution >= 4 is 26.3 Å². The Balaban J connectivity index is 1.60. The van der Waals surface area contributed by atoms with Gasteiger partial charge < -0.3 is 14.3 Å². The summed E-state index contributed by atoms with van der Waals surface area (Å²) in [5, 5.41) is 0.818. The van der Waals surface area contributed by atoms with Crippen LogP contribution in [0, 0.1) is 0 Å². The van der Waals surface area contributed by atoms with Gasteiger partial charge in [0, 0.05) is 60.3 Å². The van der Waals surface area contributed by atoms with Crippen LogP contribution in [0.5, 0.6) is 5.75 Å². The van der Waals surface area contributed by atoms with E-state index in [0.29, 0.717) is 22.5 Å². The van der Waals surface area contributed by atoms with E-state index in [4.69, 9.17) is 4.74 Å². The number of nitrogens with one attached hydrogen (secondary N) is 1. The zero-order valence-electron chi connectivity index (χ0n) is 20.1. The summed E-state index contributed by atoms with van der Waals surface area (Å²) in [7, 11) is -0.739. The smallest absolute Gasteiger partial charge is 0.274 e. The number of pyridine rings is 1. The molecule has 9 heteroatoms. The number of aromatic nitrogens is 2. The molecule has 0 saturated heterocycles. The van der Waals surface area contributed by atoms with Crippen molar-refractivity contribution in [3.05, 3.63) is 47.0 Å². The minimum atomic E-state index is -2.64. The Morgan fingerprint density at radius 3 is 2.54 bits per heavy atom. The number of halogens is 2. The highest BCUT2D eigenvalue weighted by Gasteiger charge is 2.36. The molecule has 1 unspecified atom stereocenters. The average molecular weight is 504 g/mol. The number of aromatic amines is 1. The predicted octanol–water partition coefficient (Wildman–Crippen LogP) is 6.16. The SMILES string of the molecule is Cn1cc(-c2cc(N=S(C)(=O)C3CCCC3)ccc2OC2CCC(F)(F)CC2)c2cc[nH]c2c1=O. The first-order valence-electron chi connectivity index (χ1n) is 12.2. The number of hydrogen-bond acceptors (Lipinski definition) is 4. The molecule has 2 saturated carbocycles. The minimum absolute atomic E-state index is 0.0831. The summed E-state index contributed by atoms with van der Waals surface area (Å²) in [5.74, 6) is -2.09. The second kappa shape index (κ2) is 9.08. The molecule has 0 amide bonds. The maximum absolute atomic E-state index is 13.7. The number of ether oxygens (including phenoxy) is 1. The van der Waals surface area contributed by atoms with Gasteiger partial charge in [0.1, 0.15) is 11.3 Å². The fourth-order valence-electron chi connectivity index (χ4n) is 5.29. The Hall–Kier alpha value is -2.68. The quantitative estimate of drug-likeness (QED) is 0.453. The van der Waals surface area contributed by atoms with Gasteiger partial charge in [-0.3, -0.25) is 4.79 Å². The molecule has 188 valence electrons. The summed E-state index contributed by atoms with van der Waals surface area (Å²) in [6.07, 6.45) is 9.03. The number of rotatable bonds is 5. The first-order chi connectivity index (χ1) is 16.6. The fourth-order valence-corrected chi connectivity index (χ4v) is 7.18. The zero-order chi connectivity index (χ0) is 24.8. The van der Waals surface area contributed by atoms with Gasteiger partial charge in [-0.25, -0.2) is 13.0 Å². The van der Waals surface area contributed by atoms with Crippen LogP contribution in [0.15, 0.2) is 45.8 Å². The van der Waals surface area contributed by atoms with Gasteiger partial charge in [-0.15, -0.1) is 0 Å². The Kier molecular flexibility index (Phi) is 6.23. The van der Waals surface area contributed by atoms with Gasteiger partial charge in [-0.05, 0) is 49.9 Å². The lowest BCUT2D eigenvalue weighted by Gasteiger charge is -2.29. The molecular weight excluding hydrogens is 472 g/mol. The number of alkyl halides is 2. The highest BCUT2D eigenvalue weighted by Crippen LogP contribution is 2.41. The molecule has 1 aromatic carbocycles. The lowest BCUT2D eigenvalue weighted by atomic mass is 9.94. The molecule has 2 heterocycles. The van der Waals surface area contributed by atoms with E-state index in [-0.39, 0.29) is 42.6 Å². The van der Waals surface area contributed by atoms with E-state index in [1.54, 1.807) is 37.8 Å². The van der Waals surface area contributed by atoms with Crippen molar-refractivity contribution in [3.63, 3.8) is 0 Å². The van der Waals surface area contributed by atoms with Crippen LogP contribution < -0.4 is 10.3 Å². The Morgan fingerprint density at radius 1 is 1.11 bits per heavy atom. The van der Waals surface area contributed by atoms with Crippen molar-refractivity contribution in [3.8, 4) is 16.9 Å². The maximum Gasteiger partial charge on any atom is 0.274 e. The third-order valence-electron chi connectivity index (χ3n) is 7.31. The standard InChI is InChI=1S/C26H31F2N3O3S/c1-31-16-22(20-11-14-29-24(20)25(31)32)21-15-17(30-35(2,33)19-5-3-4-6-19)7-8-23(21)34-18-9-12-26(27,28)13-10-18/h7-8,11,14-16,18-19,29H,3-6,9-10,12-13H2,1-2H3. The van der Waals surface area contributed by atoms with E-state index >= 15 is 0 Å². The topological polar surface area (TPSA) is 76.5 Å². The Bertz CT molecular complexity index is 1420. The molecule has 1 atom stereocenters. The zero-order valence-corrected chi connectivity index (χ0v) is 20.9. The molecule has 0 spiro atoms. The van der Waals surface area contributed by atoms with Gasteiger partial charge in [-0.2, -0.15) is 4.36 Å². The molecule has 6 nitrogen and oxygen atoms in total. The number of benzene rings is 1. The third kappa shape index (κ3) is 4.87. The van der Waals surface area contributed by atoms with Crippen LogP contribution >= 0.6 is 0 Å². The number of hydrogen-bond donors (Lipinski definition) is 1. The fraction of sp³-hybridized carbons (Fsp3) is 0.500. The second-order valence-corrected chi connectivity index (χ2v) is 12.5. The van der Waals surface area contributed by atoms with E-state index in [2.05, 4.69) is 9.35 Å². The normalized spacial score (nSPS) is 20.7. The summed E-state index contributed by atoms with van der Waals surface area (Å²) in [6, 6.07) is 7.25. The molecule has 2 fully saturated rings. The summed E-state index contributed by atoms with van der Waals surface area (Å²) in [6.45, 7) is 0. The molecule has 5 rings (SSSR count). The van der Waals surface area contributed by atoms with Crippen molar-refractivity contribution in [1.29, 1.82) is 0 Å². The predicted molar refractivity (Wildman–Crippen MR) is 135 cm³/mol. The van der Waals surface area contributed by atoms with Crippen LogP contribution in [0.25, 0.3) is 22.0 Å². The van der Waals surface area contributed by atoms with Gasteiger partial charge in [0.05, 0.1) is 21.5 Å². The van der Waals surface area contributed by atoms with Crippen molar-refractivity contribution in [2.24, 2.45) is 11.4 Å². The van der Waals surface area contributed by atoms with E-state index < -0.39 is 15.7 Å². The third-order valence-corrected chi connectivity index (χ3v) is 9.59. The van der Waals surface area contributed by atoms with Gasteiger partial charge in [-0.1, -0.05) is 12.8 Å². The molecular formula is C26H31F2N3O3S. The van der Waals surface area contributed by atoms with E-state index in [0.717, 1.165) is 36.6 Å². The van der Waals surface area contributed by atoms with Crippen LogP contribution in [0.4, 0.5) is 14.5 Å². The van der Waals surface area contributed by atoms with Crippen LogP contribution in [-0.2, 0) is 16.8 Å². The first kappa shape index (κ1) is 24.0. The van der Waals surface area contributed by atoms with Gasteiger partial charge >= 0.3 is 0 Å². The molecule has 2 aromatic heterocycles. The Morgan fingerprint density at radius 2 is 1.83 bits per heavy atom. The molecule has 0 bridgehead atoms. The van der Waals surface area contributed by atoms with Gasteiger partial charge in [0.2, 0.25) is 5.92 Å². The second-order valence-electron chi connectivity index (χ2n) is 9.94. The Labute approximate surface area is 203 Å². The lowest BCUT2D eigenvalue weighted by Crippen LogP contribution is -2.30. The summed E-state index contributed by atoms with van der Waals surface area (Å²) >= 11 is 0. The van der Waals surface area contributed by atoms with Crippen molar-refractivity contribution < 1.29 is 17.7 Å². The largest absolute Gasteiger partial charge is 0.490 e. The van der Waals surface area contributed by atoms with Crippen LogP contribution in [0.3, 0.4) is 0 Å². The highest BCUT2D eigenvalue weighted by atomic mass is 32.2. The van der Waals surface area contributed by atoms with Crippen molar-refractivity contribution in [1.82, 2.24) is 9.55 Å².